The van der Waals surface area contributed by atoms with Crippen molar-refractivity contribution in [3.05, 3.63) is 102 Å². The van der Waals surface area contributed by atoms with Crippen LogP contribution in [0, 0.1) is 0 Å². The van der Waals surface area contributed by atoms with E-state index in [9.17, 15) is 9.59 Å². The molecule has 5 aromatic rings. The van der Waals surface area contributed by atoms with Crippen molar-refractivity contribution in [2.45, 2.75) is 0 Å². The molecule has 0 N–H and O–H groups in total. The Labute approximate surface area is 218 Å². The van der Waals surface area contributed by atoms with Crippen LogP contribution >= 0.6 is 0 Å². The summed E-state index contributed by atoms with van der Waals surface area (Å²) in [5.74, 6) is 0.521. The Hall–Kier alpha value is -5.11. The number of carbonyl (C=O) groups is 2. The van der Waals surface area contributed by atoms with E-state index in [1.54, 1.807) is 44.6 Å². The zero-order chi connectivity index (χ0) is 26.5. The third kappa shape index (κ3) is 5.19. The number of carbonyl (C=O) groups excluding carboxylic acids is 2. The molecule has 0 radical (unpaired) electrons. The van der Waals surface area contributed by atoms with Gasteiger partial charge < -0.3 is 14.2 Å². The smallest absolute Gasteiger partial charge is 0.338 e. The Morgan fingerprint density at radius 3 is 1.76 bits per heavy atom. The van der Waals surface area contributed by atoms with E-state index in [0.29, 0.717) is 28.0 Å². The average Bonchev–Trinajstić information content (AvgIpc) is 2.99. The topological polar surface area (TPSA) is 101 Å². The molecule has 5 rings (SSSR count). The van der Waals surface area contributed by atoms with Gasteiger partial charge in [0.25, 0.3) is 0 Å². The summed E-state index contributed by atoms with van der Waals surface area (Å²) in [6.45, 7) is -0.375. The van der Waals surface area contributed by atoms with Gasteiger partial charge in [-0.1, -0.05) is 0 Å². The highest BCUT2D eigenvalue weighted by Gasteiger charge is 2.17. The molecule has 0 atom stereocenters. The molecule has 0 amide bonds. The lowest BCUT2D eigenvalue weighted by molar-refractivity contribution is 0.0475. The second-order valence-corrected chi connectivity index (χ2v) is 8.32. The Balaban J connectivity index is 1.50. The van der Waals surface area contributed by atoms with Crippen molar-refractivity contribution >= 4 is 22.8 Å². The van der Waals surface area contributed by atoms with Gasteiger partial charge in [0.2, 0.25) is 0 Å². The molecule has 0 bridgehead atoms. The fourth-order valence-electron chi connectivity index (χ4n) is 3.92. The molecule has 0 saturated heterocycles. The molecule has 2 heterocycles. The summed E-state index contributed by atoms with van der Waals surface area (Å²) >= 11 is 0. The van der Waals surface area contributed by atoms with Gasteiger partial charge in [0.1, 0.15) is 11.5 Å². The number of ether oxygens (including phenoxy) is 3. The molecular weight excluding hydrogens is 482 g/mol. The van der Waals surface area contributed by atoms with Crippen LogP contribution in [0.4, 0.5) is 0 Å². The third-order valence-electron chi connectivity index (χ3n) is 5.96. The maximum atomic E-state index is 12.7. The Bertz CT molecular complexity index is 1600. The molecule has 8 heteroatoms. The zero-order valence-corrected chi connectivity index (χ0v) is 20.8. The van der Waals surface area contributed by atoms with Gasteiger partial charge in [0.05, 0.1) is 42.2 Å². The van der Waals surface area contributed by atoms with Gasteiger partial charge in [-0.3, -0.25) is 9.78 Å². The molecule has 8 nitrogen and oxygen atoms in total. The average molecular weight is 506 g/mol. The Morgan fingerprint density at radius 2 is 1.21 bits per heavy atom. The van der Waals surface area contributed by atoms with Crippen LogP contribution in [0.5, 0.6) is 11.5 Å². The van der Waals surface area contributed by atoms with Crippen LogP contribution in [0.3, 0.4) is 0 Å². The fourth-order valence-corrected chi connectivity index (χ4v) is 3.92. The first-order valence-corrected chi connectivity index (χ1v) is 11.8. The SMILES string of the molecule is COc1ccc(-c2nc3ccc(C(=O)OCC(=O)c4ccncc4)cc3nc2-c2ccc(OC)cc2)cc1. The summed E-state index contributed by atoms with van der Waals surface area (Å²) in [7, 11) is 3.23. The van der Waals surface area contributed by atoms with Gasteiger partial charge in [-0.2, -0.15) is 0 Å². The van der Waals surface area contributed by atoms with Crippen LogP contribution in [0.2, 0.25) is 0 Å². The van der Waals surface area contributed by atoms with Crippen LogP contribution in [-0.2, 0) is 4.74 Å². The first-order chi connectivity index (χ1) is 18.6. The zero-order valence-electron chi connectivity index (χ0n) is 20.8. The predicted octanol–water partition coefficient (Wildman–Crippen LogP) is 5.42. The summed E-state index contributed by atoms with van der Waals surface area (Å²) in [6.07, 6.45) is 3.02. The van der Waals surface area contributed by atoms with Gasteiger partial charge in [0, 0.05) is 29.1 Å². The largest absolute Gasteiger partial charge is 0.497 e. The number of hydrogen-bond acceptors (Lipinski definition) is 8. The van der Waals surface area contributed by atoms with E-state index < -0.39 is 5.97 Å². The molecular formula is C30H23N3O5. The van der Waals surface area contributed by atoms with Crippen LogP contribution in [0.25, 0.3) is 33.5 Å². The fraction of sp³-hybridized carbons (Fsp3) is 0.100. The van der Waals surface area contributed by atoms with Crippen LogP contribution in [0.1, 0.15) is 20.7 Å². The van der Waals surface area contributed by atoms with Crippen molar-refractivity contribution < 1.29 is 23.8 Å². The normalized spacial score (nSPS) is 10.7. The molecule has 0 aliphatic heterocycles. The molecule has 0 aliphatic carbocycles. The van der Waals surface area contributed by atoms with Crippen LogP contribution in [0.15, 0.2) is 91.3 Å². The number of Topliss-reactive ketones (excluding diaryl/α,β-unsaturated/α-hetero) is 1. The van der Waals surface area contributed by atoms with Crippen molar-refractivity contribution in [1.82, 2.24) is 15.0 Å². The standard InChI is InChI=1S/C30H23N3O5/c1-36-23-8-3-20(4-9-23)28-29(21-5-10-24(37-2)11-6-21)33-26-17-22(7-12-25(26)32-28)30(35)38-18-27(34)19-13-15-31-16-14-19/h3-17H,18H2,1-2H3. The molecule has 0 aliphatic rings. The second kappa shape index (κ2) is 10.9. The first kappa shape index (κ1) is 24.6. The molecule has 0 fully saturated rings. The lowest BCUT2D eigenvalue weighted by atomic mass is 10.0. The summed E-state index contributed by atoms with van der Waals surface area (Å²) in [4.78, 5) is 38.7. The van der Waals surface area contributed by atoms with E-state index in [1.807, 2.05) is 48.5 Å². The van der Waals surface area contributed by atoms with Crippen molar-refractivity contribution in [2.24, 2.45) is 0 Å². The molecule has 0 saturated carbocycles. The minimum absolute atomic E-state index is 0.271. The van der Waals surface area contributed by atoms with Gasteiger partial charge in [-0.25, -0.2) is 14.8 Å². The van der Waals surface area contributed by atoms with Crippen molar-refractivity contribution in [3.8, 4) is 34.0 Å². The molecule has 0 spiro atoms. The highest BCUT2D eigenvalue weighted by atomic mass is 16.5. The Kier molecular flexibility index (Phi) is 7.04. The van der Waals surface area contributed by atoms with E-state index >= 15 is 0 Å². The highest BCUT2D eigenvalue weighted by molar-refractivity contribution is 6.00. The summed E-state index contributed by atoms with van der Waals surface area (Å²) < 4.78 is 15.9. The lowest BCUT2D eigenvalue weighted by Crippen LogP contribution is -2.14. The number of fused-ring (bicyclic) bond motifs is 1. The molecule has 38 heavy (non-hydrogen) atoms. The number of ketones is 1. The van der Waals surface area contributed by atoms with Gasteiger partial charge in [-0.05, 0) is 78.9 Å². The number of benzene rings is 3. The van der Waals surface area contributed by atoms with Crippen molar-refractivity contribution in [3.63, 3.8) is 0 Å². The van der Waals surface area contributed by atoms with E-state index in [4.69, 9.17) is 24.2 Å². The maximum Gasteiger partial charge on any atom is 0.338 e. The van der Waals surface area contributed by atoms with E-state index in [-0.39, 0.29) is 18.0 Å². The second-order valence-electron chi connectivity index (χ2n) is 8.32. The minimum Gasteiger partial charge on any atom is -0.497 e. The number of esters is 1. The lowest BCUT2D eigenvalue weighted by Gasteiger charge is -2.12. The highest BCUT2D eigenvalue weighted by Crippen LogP contribution is 2.33. The summed E-state index contributed by atoms with van der Waals surface area (Å²) in [6, 6.07) is 23.2. The number of hydrogen-bond donors (Lipinski definition) is 0. The van der Waals surface area contributed by atoms with E-state index in [0.717, 1.165) is 22.6 Å². The third-order valence-corrected chi connectivity index (χ3v) is 5.96. The maximum absolute atomic E-state index is 12.7. The minimum atomic E-state index is -0.624. The molecule has 2 aromatic heterocycles. The number of nitrogens with zero attached hydrogens (tertiary/aromatic N) is 3. The summed E-state index contributed by atoms with van der Waals surface area (Å²) in [5, 5.41) is 0. The Morgan fingerprint density at radius 1 is 0.658 bits per heavy atom. The van der Waals surface area contributed by atoms with E-state index in [1.165, 1.54) is 12.4 Å². The van der Waals surface area contributed by atoms with Gasteiger partial charge in [-0.15, -0.1) is 0 Å². The van der Waals surface area contributed by atoms with Crippen molar-refractivity contribution in [1.29, 1.82) is 0 Å². The van der Waals surface area contributed by atoms with E-state index in [2.05, 4.69) is 4.98 Å². The first-order valence-electron chi connectivity index (χ1n) is 11.8. The number of pyridine rings is 1. The van der Waals surface area contributed by atoms with Gasteiger partial charge in [0.15, 0.2) is 12.4 Å². The summed E-state index contributed by atoms with van der Waals surface area (Å²) in [5.41, 5.74) is 4.85. The monoisotopic (exact) mass is 505 g/mol. The molecule has 188 valence electrons. The molecule has 3 aromatic carbocycles. The number of aromatic nitrogens is 3. The predicted molar refractivity (Wildman–Crippen MR) is 142 cm³/mol. The van der Waals surface area contributed by atoms with Crippen molar-refractivity contribution in [2.75, 3.05) is 20.8 Å². The van der Waals surface area contributed by atoms with Crippen LogP contribution in [-0.4, -0.2) is 47.5 Å². The number of methoxy groups -OCH3 is 2. The quantitative estimate of drug-likeness (QED) is 0.204. The van der Waals surface area contributed by atoms with Gasteiger partial charge >= 0.3 is 5.97 Å². The molecule has 0 unspecified atom stereocenters. The van der Waals surface area contributed by atoms with Crippen LogP contribution < -0.4 is 9.47 Å². The number of rotatable bonds is 8.